The van der Waals surface area contributed by atoms with Gasteiger partial charge in [-0.05, 0) is 56.2 Å². The van der Waals surface area contributed by atoms with E-state index in [2.05, 4.69) is 5.32 Å². The van der Waals surface area contributed by atoms with Crippen molar-refractivity contribution in [2.75, 3.05) is 12.4 Å². The Balaban J connectivity index is 1.79. The number of ether oxygens (including phenoxy) is 2. The summed E-state index contributed by atoms with van der Waals surface area (Å²) in [7, 11) is 1.37. The zero-order chi connectivity index (χ0) is 19.4. The van der Waals surface area contributed by atoms with Crippen molar-refractivity contribution in [3.63, 3.8) is 0 Å². The molecule has 144 valence electrons. The van der Waals surface area contributed by atoms with Gasteiger partial charge in [-0.1, -0.05) is 25.1 Å². The Labute approximate surface area is 163 Å². The van der Waals surface area contributed by atoms with E-state index in [4.69, 9.17) is 9.47 Å². The van der Waals surface area contributed by atoms with Crippen molar-refractivity contribution in [3.8, 4) is 5.75 Å². The maximum absolute atomic E-state index is 12.7. The molecular formula is C21H25NO4S. The highest BCUT2D eigenvalue weighted by Gasteiger charge is 2.28. The highest BCUT2D eigenvalue weighted by molar-refractivity contribution is 7.17. The predicted octanol–water partition coefficient (Wildman–Crippen LogP) is 4.38. The number of methoxy groups -OCH3 is 1. The number of amides is 1. The first-order valence-corrected chi connectivity index (χ1v) is 10.1. The second-order valence-corrected chi connectivity index (χ2v) is 7.72. The van der Waals surface area contributed by atoms with E-state index < -0.39 is 12.1 Å². The number of benzene rings is 1. The summed E-state index contributed by atoms with van der Waals surface area (Å²) in [6.07, 6.45) is 4.10. The molecule has 1 aliphatic rings. The van der Waals surface area contributed by atoms with E-state index in [9.17, 15) is 9.59 Å². The Morgan fingerprint density at radius 2 is 1.96 bits per heavy atom. The van der Waals surface area contributed by atoms with Crippen molar-refractivity contribution in [2.24, 2.45) is 0 Å². The number of thiophene rings is 1. The number of aryl methyl sites for hydroxylation is 2. The largest absolute Gasteiger partial charge is 0.481 e. The van der Waals surface area contributed by atoms with Gasteiger partial charge in [0.05, 0.1) is 12.7 Å². The number of hydrogen-bond donors (Lipinski definition) is 1. The van der Waals surface area contributed by atoms with Gasteiger partial charge in [-0.15, -0.1) is 11.3 Å². The van der Waals surface area contributed by atoms with Gasteiger partial charge in [-0.25, -0.2) is 4.79 Å². The van der Waals surface area contributed by atoms with Crippen molar-refractivity contribution in [1.29, 1.82) is 0 Å². The molecule has 2 aromatic rings. The van der Waals surface area contributed by atoms with Crippen molar-refractivity contribution in [3.05, 3.63) is 45.8 Å². The number of carbonyl (C=O) groups excluding carboxylic acids is 2. The molecule has 1 aromatic heterocycles. The van der Waals surface area contributed by atoms with Gasteiger partial charge < -0.3 is 14.8 Å². The van der Waals surface area contributed by atoms with Crippen LogP contribution in [0.25, 0.3) is 0 Å². The van der Waals surface area contributed by atoms with Gasteiger partial charge in [-0.2, -0.15) is 0 Å². The Bertz CT molecular complexity index is 843. The Morgan fingerprint density at radius 3 is 2.70 bits per heavy atom. The van der Waals surface area contributed by atoms with Gasteiger partial charge in [0, 0.05) is 4.88 Å². The van der Waals surface area contributed by atoms with Crippen LogP contribution in [0.2, 0.25) is 0 Å². The summed E-state index contributed by atoms with van der Waals surface area (Å²) in [4.78, 5) is 26.2. The van der Waals surface area contributed by atoms with Crippen LogP contribution in [0, 0.1) is 0 Å². The lowest BCUT2D eigenvalue weighted by Crippen LogP contribution is -2.30. The molecule has 1 aromatic carbocycles. The maximum Gasteiger partial charge on any atom is 0.341 e. The highest BCUT2D eigenvalue weighted by Crippen LogP contribution is 2.38. The van der Waals surface area contributed by atoms with Crippen molar-refractivity contribution in [1.82, 2.24) is 0 Å². The molecule has 0 saturated heterocycles. The van der Waals surface area contributed by atoms with Crippen molar-refractivity contribution < 1.29 is 19.1 Å². The number of anilines is 1. The fraction of sp³-hybridized carbons (Fsp3) is 0.429. The van der Waals surface area contributed by atoms with E-state index in [1.165, 1.54) is 23.3 Å². The molecule has 5 nitrogen and oxygen atoms in total. The predicted molar refractivity (Wildman–Crippen MR) is 107 cm³/mol. The molecule has 0 spiro atoms. The van der Waals surface area contributed by atoms with Crippen LogP contribution in [-0.4, -0.2) is 25.1 Å². The summed E-state index contributed by atoms with van der Waals surface area (Å²) < 4.78 is 10.8. The average molecular weight is 388 g/mol. The molecule has 0 aliphatic heterocycles. The monoisotopic (exact) mass is 387 g/mol. The number of rotatable bonds is 6. The fourth-order valence-corrected chi connectivity index (χ4v) is 4.62. The third kappa shape index (κ3) is 4.16. The molecule has 0 bridgehead atoms. The Kier molecular flexibility index (Phi) is 6.16. The van der Waals surface area contributed by atoms with E-state index in [0.29, 0.717) is 16.3 Å². The fourth-order valence-electron chi connectivity index (χ4n) is 3.34. The van der Waals surface area contributed by atoms with Gasteiger partial charge in [0.15, 0.2) is 6.10 Å². The number of esters is 1. The molecule has 1 amide bonds. The van der Waals surface area contributed by atoms with Crippen LogP contribution in [0.5, 0.6) is 5.75 Å². The summed E-state index contributed by atoms with van der Waals surface area (Å²) >= 11 is 1.48. The minimum atomic E-state index is -0.678. The molecule has 1 aliphatic carbocycles. The van der Waals surface area contributed by atoms with Crippen LogP contribution in [0.3, 0.4) is 0 Å². The van der Waals surface area contributed by atoms with E-state index in [1.54, 1.807) is 6.92 Å². The van der Waals surface area contributed by atoms with Crippen LogP contribution >= 0.6 is 11.3 Å². The van der Waals surface area contributed by atoms with Gasteiger partial charge in [0.2, 0.25) is 0 Å². The SMILES string of the molecule is CCc1ccccc1O[C@@H](C)C(=O)Nc1sc2c(c1C(=O)OC)CCCC2. The first-order chi connectivity index (χ1) is 13.0. The Hall–Kier alpha value is -2.34. The summed E-state index contributed by atoms with van der Waals surface area (Å²) in [5.74, 6) is 0.0422. The van der Waals surface area contributed by atoms with E-state index in [-0.39, 0.29) is 5.91 Å². The minimum Gasteiger partial charge on any atom is -0.481 e. The van der Waals surface area contributed by atoms with Crippen molar-refractivity contribution >= 4 is 28.2 Å². The second kappa shape index (κ2) is 8.57. The molecular weight excluding hydrogens is 362 g/mol. The molecule has 0 fully saturated rings. The first kappa shape index (κ1) is 19.4. The van der Waals surface area contributed by atoms with E-state index >= 15 is 0 Å². The van der Waals surface area contributed by atoms with E-state index in [1.807, 2.05) is 31.2 Å². The minimum absolute atomic E-state index is 0.273. The molecule has 3 rings (SSSR count). The highest BCUT2D eigenvalue weighted by atomic mass is 32.1. The molecule has 6 heteroatoms. The summed E-state index contributed by atoms with van der Waals surface area (Å²) in [6, 6.07) is 7.70. The topological polar surface area (TPSA) is 64.6 Å². The summed E-state index contributed by atoms with van der Waals surface area (Å²) in [5, 5.41) is 3.46. The number of carbonyl (C=O) groups is 2. The third-order valence-electron chi connectivity index (χ3n) is 4.82. The lowest BCUT2D eigenvalue weighted by Gasteiger charge is -2.17. The number of para-hydroxylation sites is 1. The van der Waals surface area contributed by atoms with Gasteiger partial charge in [-0.3, -0.25) is 4.79 Å². The van der Waals surface area contributed by atoms with Crippen LogP contribution in [-0.2, 0) is 28.8 Å². The van der Waals surface area contributed by atoms with Crippen LogP contribution in [0.4, 0.5) is 5.00 Å². The number of fused-ring (bicyclic) bond motifs is 1. The molecule has 0 radical (unpaired) electrons. The number of nitrogens with one attached hydrogen (secondary N) is 1. The van der Waals surface area contributed by atoms with Gasteiger partial charge in [0.25, 0.3) is 5.91 Å². The van der Waals surface area contributed by atoms with Crippen LogP contribution in [0.15, 0.2) is 24.3 Å². The second-order valence-electron chi connectivity index (χ2n) is 6.62. The average Bonchev–Trinajstić information content (AvgIpc) is 3.05. The van der Waals surface area contributed by atoms with Crippen LogP contribution < -0.4 is 10.1 Å². The summed E-state index contributed by atoms with van der Waals surface area (Å²) in [6.45, 7) is 3.76. The molecule has 27 heavy (non-hydrogen) atoms. The maximum atomic E-state index is 12.7. The molecule has 1 heterocycles. The Morgan fingerprint density at radius 1 is 1.22 bits per heavy atom. The van der Waals surface area contributed by atoms with Crippen molar-refractivity contribution in [2.45, 2.75) is 52.1 Å². The van der Waals surface area contributed by atoms with Gasteiger partial charge in [0.1, 0.15) is 10.8 Å². The lowest BCUT2D eigenvalue weighted by atomic mass is 9.95. The zero-order valence-corrected chi connectivity index (χ0v) is 16.8. The third-order valence-corrected chi connectivity index (χ3v) is 6.03. The molecule has 1 N–H and O–H groups in total. The van der Waals surface area contributed by atoms with Gasteiger partial charge >= 0.3 is 5.97 Å². The number of hydrogen-bond acceptors (Lipinski definition) is 5. The lowest BCUT2D eigenvalue weighted by molar-refractivity contribution is -0.122. The van der Waals surface area contributed by atoms with Crippen LogP contribution in [0.1, 0.15) is 53.1 Å². The normalized spacial score (nSPS) is 14.2. The first-order valence-electron chi connectivity index (χ1n) is 9.33. The zero-order valence-electron chi connectivity index (χ0n) is 16.0. The molecule has 0 saturated carbocycles. The standard InChI is InChI=1S/C21H25NO4S/c1-4-14-9-5-7-11-16(14)26-13(2)19(23)22-20-18(21(24)25-3)15-10-6-8-12-17(15)27-20/h5,7,9,11,13H,4,6,8,10,12H2,1-3H3,(H,22,23)/t13-/m0/s1. The molecule has 0 unspecified atom stereocenters. The molecule has 1 atom stereocenters. The summed E-state index contributed by atoms with van der Waals surface area (Å²) in [5.41, 5.74) is 2.59. The van der Waals surface area contributed by atoms with E-state index in [0.717, 1.165) is 43.2 Å². The quantitative estimate of drug-likeness (QED) is 0.747. The smallest absolute Gasteiger partial charge is 0.341 e.